The molecular formula is C20H30N4O2. The third-order valence-corrected chi connectivity index (χ3v) is 4.17. The summed E-state index contributed by atoms with van der Waals surface area (Å²) in [5.41, 5.74) is 3.39. The Hall–Kier alpha value is -2.50. The lowest BCUT2D eigenvalue weighted by Gasteiger charge is -2.12. The second-order valence-electron chi connectivity index (χ2n) is 6.11. The summed E-state index contributed by atoms with van der Waals surface area (Å²) in [4.78, 5) is 4.27. The summed E-state index contributed by atoms with van der Waals surface area (Å²) >= 11 is 0. The number of hydrogen-bond donors (Lipinski definition) is 2. The smallest absolute Gasteiger partial charge is 0.191 e. The molecule has 0 aliphatic carbocycles. The van der Waals surface area contributed by atoms with E-state index < -0.39 is 0 Å². The van der Waals surface area contributed by atoms with E-state index in [0.717, 1.165) is 54.5 Å². The zero-order valence-electron chi connectivity index (χ0n) is 16.3. The predicted octanol–water partition coefficient (Wildman–Crippen LogP) is 3.24. The fraction of sp³-hybridized carbons (Fsp3) is 0.500. The van der Waals surface area contributed by atoms with Gasteiger partial charge in [0, 0.05) is 32.1 Å². The van der Waals surface area contributed by atoms with Gasteiger partial charge in [-0.2, -0.15) is 0 Å². The van der Waals surface area contributed by atoms with Gasteiger partial charge in [-0.1, -0.05) is 36.7 Å². The molecule has 2 aromatic rings. The zero-order valence-corrected chi connectivity index (χ0v) is 16.3. The Balaban J connectivity index is 1.71. The zero-order chi connectivity index (χ0) is 18.8. The number of nitrogens with one attached hydrogen (secondary N) is 2. The number of benzene rings is 1. The third-order valence-electron chi connectivity index (χ3n) is 4.17. The monoisotopic (exact) mass is 358 g/mol. The summed E-state index contributed by atoms with van der Waals surface area (Å²) in [5.74, 6) is 2.62. The van der Waals surface area contributed by atoms with Crippen LogP contribution in [0.5, 0.6) is 5.75 Å². The van der Waals surface area contributed by atoms with Crippen molar-refractivity contribution in [3.05, 3.63) is 46.8 Å². The fourth-order valence-corrected chi connectivity index (χ4v) is 2.63. The molecule has 1 heterocycles. The lowest BCUT2D eigenvalue weighted by Crippen LogP contribution is -2.37. The summed E-state index contributed by atoms with van der Waals surface area (Å²) in [6, 6.07) is 8.11. The van der Waals surface area contributed by atoms with Gasteiger partial charge >= 0.3 is 0 Å². The average Bonchev–Trinajstić information content (AvgIpc) is 3.07. The van der Waals surface area contributed by atoms with Crippen LogP contribution in [-0.2, 0) is 19.4 Å². The van der Waals surface area contributed by atoms with Crippen LogP contribution in [0.25, 0.3) is 0 Å². The van der Waals surface area contributed by atoms with Gasteiger partial charge in [-0.05, 0) is 31.9 Å². The van der Waals surface area contributed by atoms with Crippen LogP contribution in [0.3, 0.4) is 0 Å². The van der Waals surface area contributed by atoms with E-state index in [9.17, 15) is 0 Å². The van der Waals surface area contributed by atoms with Crippen LogP contribution in [0.1, 0.15) is 42.8 Å². The largest absolute Gasteiger partial charge is 0.494 e. The minimum Gasteiger partial charge on any atom is -0.494 e. The highest BCUT2D eigenvalue weighted by Gasteiger charge is 2.13. The molecule has 0 aliphatic rings. The first-order valence-corrected chi connectivity index (χ1v) is 9.28. The summed E-state index contributed by atoms with van der Waals surface area (Å²) in [5, 5.41) is 10.8. The Labute approximate surface area is 156 Å². The number of guanidine groups is 1. The molecule has 0 unspecified atom stereocenters. The van der Waals surface area contributed by atoms with Crippen molar-refractivity contribution in [1.29, 1.82) is 0 Å². The Kier molecular flexibility index (Phi) is 7.99. The van der Waals surface area contributed by atoms with Crippen molar-refractivity contribution in [2.75, 3.05) is 20.2 Å². The van der Waals surface area contributed by atoms with Gasteiger partial charge < -0.3 is 19.9 Å². The standard InChI is InChI=1S/C20H30N4O2/c1-5-18-17(19(6-2)26-24-18)14-23-20(21-4)22-12-7-13-25-16-10-8-15(3)9-11-16/h8-11H,5-7,12-14H2,1-4H3,(H2,21,22,23). The first-order valence-electron chi connectivity index (χ1n) is 9.28. The molecular weight excluding hydrogens is 328 g/mol. The molecule has 26 heavy (non-hydrogen) atoms. The summed E-state index contributed by atoms with van der Waals surface area (Å²) in [6.07, 6.45) is 2.59. The molecule has 6 nitrogen and oxygen atoms in total. The van der Waals surface area contributed by atoms with Crippen LogP contribution in [0.4, 0.5) is 0 Å². The molecule has 0 bridgehead atoms. The summed E-state index contributed by atoms with van der Waals surface area (Å²) in [7, 11) is 1.77. The Bertz CT molecular complexity index is 671. The first kappa shape index (κ1) is 19.8. The molecule has 0 saturated heterocycles. The van der Waals surface area contributed by atoms with Crippen LogP contribution >= 0.6 is 0 Å². The molecule has 0 aliphatic heterocycles. The number of aryl methyl sites for hydroxylation is 3. The van der Waals surface area contributed by atoms with Crippen molar-refractivity contribution in [3.8, 4) is 5.75 Å². The Morgan fingerprint density at radius 3 is 2.58 bits per heavy atom. The highest BCUT2D eigenvalue weighted by molar-refractivity contribution is 5.79. The highest BCUT2D eigenvalue weighted by Crippen LogP contribution is 2.15. The van der Waals surface area contributed by atoms with Crippen LogP contribution in [0, 0.1) is 6.92 Å². The number of nitrogens with zero attached hydrogens (tertiary/aromatic N) is 2. The molecule has 2 N–H and O–H groups in total. The van der Waals surface area contributed by atoms with Crippen molar-refractivity contribution in [2.24, 2.45) is 4.99 Å². The van der Waals surface area contributed by atoms with Gasteiger partial charge in [-0.15, -0.1) is 0 Å². The number of aromatic nitrogens is 1. The van der Waals surface area contributed by atoms with Gasteiger partial charge in [0.25, 0.3) is 0 Å². The first-order chi connectivity index (χ1) is 12.7. The second-order valence-corrected chi connectivity index (χ2v) is 6.11. The second kappa shape index (κ2) is 10.5. The summed E-state index contributed by atoms with van der Waals surface area (Å²) < 4.78 is 11.1. The average molecular weight is 358 g/mol. The summed E-state index contributed by atoms with van der Waals surface area (Å²) in [6.45, 7) is 8.34. The van der Waals surface area contributed by atoms with E-state index in [1.165, 1.54) is 5.56 Å². The molecule has 0 fully saturated rings. The lowest BCUT2D eigenvalue weighted by molar-refractivity contribution is 0.311. The lowest BCUT2D eigenvalue weighted by atomic mass is 10.1. The van der Waals surface area contributed by atoms with Gasteiger partial charge in [-0.3, -0.25) is 4.99 Å². The highest BCUT2D eigenvalue weighted by atomic mass is 16.5. The molecule has 0 spiro atoms. The quantitative estimate of drug-likeness (QED) is 0.409. The number of hydrogen-bond acceptors (Lipinski definition) is 4. The van der Waals surface area contributed by atoms with E-state index in [0.29, 0.717) is 13.2 Å². The van der Waals surface area contributed by atoms with E-state index >= 15 is 0 Å². The molecule has 0 saturated carbocycles. The van der Waals surface area contributed by atoms with Crippen molar-refractivity contribution in [1.82, 2.24) is 15.8 Å². The van der Waals surface area contributed by atoms with Crippen LogP contribution in [0.2, 0.25) is 0 Å². The molecule has 1 aromatic carbocycles. The molecule has 142 valence electrons. The van der Waals surface area contributed by atoms with Crippen LogP contribution < -0.4 is 15.4 Å². The van der Waals surface area contributed by atoms with Crippen LogP contribution in [0.15, 0.2) is 33.8 Å². The van der Waals surface area contributed by atoms with Crippen molar-refractivity contribution in [2.45, 2.75) is 46.6 Å². The van der Waals surface area contributed by atoms with Gasteiger partial charge in [0.05, 0.1) is 12.3 Å². The van der Waals surface area contributed by atoms with Gasteiger partial charge in [-0.25, -0.2) is 0 Å². The molecule has 6 heteroatoms. The fourth-order valence-electron chi connectivity index (χ4n) is 2.63. The minimum atomic E-state index is 0.662. The maximum Gasteiger partial charge on any atom is 0.191 e. The van der Waals surface area contributed by atoms with E-state index in [1.807, 2.05) is 12.1 Å². The number of aliphatic imine (C=N–C) groups is 1. The number of ether oxygens (including phenoxy) is 1. The Morgan fingerprint density at radius 1 is 1.15 bits per heavy atom. The molecule has 1 aromatic heterocycles. The maximum absolute atomic E-state index is 5.73. The molecule has 0 atom stereocenters. The van der Waals surface area contributed by atoms with E-state index in [4.69, 9.17) is 9.26 Å². The van der Waals surface area contributed by atoms with Crippen LogP contribution in [-0.4, -0.2) is 31.3 Å². The van der Waals surface area contributed by atoms with Gasteiger partial charge in [0.15, 0.2) is 5.96 Å². The molecule has 0 amide bonds. The van der Waals surface area contributed by atoms with Crippen molar-refractivity contribution < 1.29 is 9.26 Å². The van der Waals surface area contributed by atoms with Crippen molar-refractivity contribution in [3.63, 3.8) is 0 Å². The third kappa shape index (κ3) is 5.79. The Morgan fingerprint density at radius 2 is 1.92 bits per heavy atom. The minimum absolute atomic E-state index is 0.662. The maximum atomic E-state index is 5.73. The molecule has 2 rings (SSSR count). The predicted molar refractivity (Wildman–Crippen MR) is 105 cm³/mol. The van der Waals surface area contributed by atoms with E-state index in [2.05, 4.69) is 53.7 Å². The topological polar surface area (TPSA) is 71.7 Å². The van der Waals surface area contributed by atoms with Crippen molar-refractivity contribution >= 4 is 5.96 Å². The van der Waals surface area contributed by atoms with E-state index in [1.54, 1.807) is 7.05 Å². The molecule has 0 radical (unpaired) electrons. The van der Waals surface area contributed by atoms with E-state index in [-0.39, 0.29) is 0 Å². The van der Waals surface area contributed by atoms with Gasteiger partial charge in [0.1, 0.15) is 11.5 Å². The van der Waals surface area contributed by atoms with Gasteiger partial charge in [0.2, 0.25) is 0 Å². The number of rotatable bonds is 9. The normalized spacial score (nSPS) is 11.5. The SMILES string of the molecule is CCc1noc(CC)c1CNC(=NC)NCCCOc1ccc(C)cc1.